The van der Waals surface area contributed by atoms with Crippen LogP contribution < -0.4 is 0 Å². The van der Waals surface area contributed by atoms with Gasteiger partial charge in [0.15, 0.2) is 6.61 Å². The molecule has 0 saturated heterocycles. The van der Waals surface area contributed by atoms with E-state index in [4.69, 9.17) is 4.74 Å². The fourth-order valence-electron chi connectivity index (χ4n) is 0.370. The highest BCUT2D eigenvalue weighted by Gasteiger charge is 2.04. The van der Waals surface area contributed by atoms with E-state index in [-0.39, 0.29) is 0 Å². The van der Waals surface area contributed by atoms with Gasteiger partial charge in [0.1, 0.15) is 0 Å². The van der Waals surface area contributed by atoms with E-state index in [1.807, 2.05) is 0 Å². The fraction of sp³-hybridized carbons (Fsp3) is 0.500. The minimum atomic E-state index is 0.361. The van der Waals surface area contributed by atoms with Gasteiger partial charge in [-0.25, -0.2) is 4.99 Å². The Bertz CT molecular complexity index is 89.7. The van der Waals surface area contributed by atoms with Gasteiger partial charge in [0.25, 0.3) is 0 Å². The molecular weight excluding hydrogens is 94.0 g/mol. The molecule has 0 fully saturated rings. The number of hydrogen-bond donors (Lipinski definition) is 0. The third kappa shape index (κ3) is 0.824. The van der Waals surface area contributed by atoms with Gasteiger partial charge in [0.2, 0.25) is 0 Å². The van der Waals surface area contributed by atoms with E-state index in [0.29, 0.717) is 12.6 Å². The van der Waals surface area contributed by atoms with Crippen molar-refractivity contribution in [3.05, 3.63) is 6.61 Å². The molecule has 1 rings (SSSR count). The second-order valence-corrected chi connectivity index (χ2v) is 1.10. The Hall–Kier alpha value is -0.730. The van der Waals surface area contributed by atoms with Gasteiger partial charge in [0.05, 0.1) is 13.7 Å². The zero-order valence-electron chi connectivity index (χ0n) is 4.05. The Balaban J connectivity index is 2.36. The van der Waals surface area contributed by atoms with Crippen molar-refractivity contribution in [3.8, 4) is 0 Å². The van der Waals surface area contributed by atoms with E-state index < -0.39 is 0 Å². The molecule has 0 atom stereocenters. The van der Waals surface area contributed by atoms with Crippen molar-refractivity contribution in [3.63, 3.8) is 0 Å². The lowest BCUT2D eigenvalue weighted by Crippen LogP contribution is -1.97. The van der Waals surface area contributed by atoms with Crippen LogP contribution in [0.15, 0.2) is 4.99 Å². The number of aliphatic imine (C=N–C) groups is 1. The molecule has 1 radical (unpaired) electrons. The molecule has 0 unspecified atom stereocenters. The second kappa shape index (κ2) is 1.82. The molecule has 1 heterocycles. The first-order valence-corrected chi connectivity index (χ1v) is 2.00. The summed E-state index contributed by atoms with van der Waals surface area (Å²) < 4.78 is 9.31. The molecule has 1 aliphatic heterocycles. The Morgan fingerprint density at radius 2 is 2.86 bits per heavy atom. The SMILES string of the molecule is COC1=NC[CH]O1. The van der Waals surface area contributed by atoms with Crippen molar-refractivity contribution in [2.24, 2.45) is 4.99 Å². The van der Waals surface area contributed by atoms with Crippen LogP contribution in [0, 0.1) is 6.61 Å². The molecule has 3 heteroatoms. The summed E-state index contributed by atoms with van der Waals surface area (Å²) in [4.78, 5) is 3.77. The van der Waals surface area contributed by atoms with Crippen LogP contribution in [-0.4, -0.2) is 19.7 Å². The number of rotatable bonds is 0. The molecular formula is C4H6NO2. The Kier molecular flexibility index (Phi) is 1.15. The molecule has 0 aromatic rings. The summed E-state index contributed by atoms with van der Waals surface area (Å²) in [6.07, 6.45) is 0.361. The van der Waals surface area contributed by atoms with Crippen molar-refractivity contribution in [1.29, 1.82) is 0 Å². The van der Waals surface area contributed by atoms with Gasteiger partial charge in [-0.15, -0.1) is 0 Å². The zero-order valence-corrected chi connectivity index (χ0v) is 4.05. The summed E-state index contributed by atoms with van der Waals surface area (Å²) in [5.41, 5.74) is 0. The molecule has 39 valence electrons. The largest absolute Gasteiger partial charge is 0.454 e. The van der Waals surface area contributed by atoms with Gasteiger partial charge in [0, 0.05) is 0 Å². The van der Waals surface area contributed by atoms with Gasteiger partial charge < -0.3 is 9.47 Å². The standard InChI is InChI=1S/C4H6NO2/c1-6-4-5-2-3-7-4/h3H,2H2,1H3. The summed E-state index contributed by atoms with van der Waals surface area (Å²) in [5.74, 6) is 0. The number of nitrogens with zero attached hydrogens (tertiary/aromatic N) is 1. The quantitative estimate of drug-likeness (QED) is 0.434. The predicted molar refractivity (Wildman–Crippen MR) is 24.7 cm³/mol. The van der Waals surface area contributed by atoms with Crippen molar-refractivity contribution in [2.75, 3.05) is 13.7 Å². The van der Waals surface area contributed by atoms with E-state index >= 15 is 0 Å². The van der Waals surface area contributed by atoms with Crippen molar-refractivity contribution in [1.82, 2.24) is 0 Å². The van der Waals surface area contributed by atoms with Gasteiger partial charge in [-0.3, -0.25) is 0 Å². The van der Waals surface area contributed by atoms with Crippen LogP contribution >= 0.6 is 0 Å². The predicted octanol–water partition coefficient (Wildman–Crippen LogP) is 0.181. The van der Waals surface area contributed by atoms with E-state index in [1.165, 1.54) is 7.11 Å². The van der Waals surface area contributed by atoms with Crippen molar-refractivity contribution < 1.29 is 9.47 Å². The molecule has 0 amide bonds. The molecule has 0 N–H and O–H groups in total. The average molecular weight is 100 g/mol. The number of methoxy groups -OCH3 is 1. The van der Waals surface area contributed by atoms with Crippen molar-refractivity contribution in [2.45, 2.75) is 0 Å². The smallest absolute Gasteiger partial charge is 0.383 e. The Labute approximate surface area is 42.0 Å². The molecule has 3 nitrogen and oxygen atoms in total. The Morgan fingerprint density at radius 3 is 3.14 bits per heavy atom. The van der Waals surface area contributed by atoms with E-state index in [2.05, 4.69) is 9.73 Å². The lowest BCUT2D eigenvalue weighted by molar-refractivity contribution is 0.263. The first kappa shape index (κ1) is 4.43. The van der Waals surface area contributed by atoms with E-state index in [1.54, 1.807) is 6.61 Å². The normalized spacial score (nSPS) is 18.1. The first-order chi connectivity index (χ1) is 3.43. The molecule has 0 bridgehead atoms. The number of ether oxygens (including phenoxy) is 2. The third-order valence-electron chi connectivity index (χ3n) is 0.654. The van der Waals surface area contributed by atoms with Gasteiger partial charge >= 0.3 is 6.08 Å². The average Bonchev–Trinajstić information content (AvgIpc) is 2.14. The molecule has 0 saturated carbocycles. The highest BCUT2D eigenvalue weighted by Crippen LogP contribution is 1.96. The van der Waals surface area contributed by atoms with Crippen LogP contribution in [0.4, 0.5) is 0 Å². The summed E-state index contributed by atoms with van der Waals surface area (Å²) in [5, 5.41) is 0. The highest BCUT2D eigenvalue weighted by atomic mass is 16.7. The van der Waals surface area contributed by atoms with Crippen LogP contribution in [0.2, 0.25) is 0 Å². The van der Waals surface area contributed by atoms with Gasteiger partial charge in [-0.1, -0.05) is 0 Å². The van der Waals surface area contributed by atoms with Gasteiger partial charge in [-0.2, -0.15) is 0 Å². The van der Waals surface area contributed by atoms with Crippen LogP contribution in [0.3, 0.4) is 0 Å². The van der Waals surface area contributed by atoms with E-state index in [0.717, 1.165) is 0 Å². The number of hydrogen-bond acceptors (Lipinski definition) is 3. The van der Waals surface area contributed by atoms with Gasteiger partial charge in [-0.05, 0) is 0 Å². The third-order valence-corrected chi connectivity index (χ3v) is 0.654. The van der Waals surface area contributed by atoms with Crippen LogP contribution in [0.5, 0.6) is 0 Å². The Morgan fingerprint density at radius 1 is 2.00 bits per heavy atom. The molecule has 0 aliphatic carbocycles. The summed E-state index contributed by atoms with van der Waals surface area (Å²) in [6.45, 7) is 2.20. The zero-order chi connectivity index (χ0) is 5.11. The second-order valence-electron chi connectivity index (χ2n) is 1.10. The van der Waals surface area contributed by atoms with Crippen LogP contribution in [0.25, 0.3) is 0 Å². The molecule has 7 heavy (non-hydrogen) atoms. The summed E-state index contributed by atoms with van der Waals surface area (Å²) >= 11 is 0. The lowest BCUT2D eigenvalue weighted by atomic mass is 10.8. The maximum absolute atomic E-state index is 4.70. The first-order valence-electron chi connectivity index (χ1n) is 2.00. The maximum Gasteiger partial charge on any atom is 0.383 e. The monoisotopic (exact) mass is 100 g/mol. The summed E-state index contributed by atoms with van der Waals surface area (Å²) in [7, 11) is 1.53. The van der Waals surface area contributed by atoms with E-state index in [9.17, 15) is 0 Å². The molecule has 0 spiro atoms. The lowest BCUT2D eigenvalue weighted by Gasteiger charge is -1.93. The summed E-state index contributed by atoms with van der Waals surface area (Å²) in [6, 6.07) is 0. The molecule has 1 aliphatic rings. The fourth-order valence-corrected chi connectivity index (χ4v) is 0.370. The topological polar surface area (TPSA) is 30.8 Å². The van der Waals surface area contributed by atoms with Crippen LogP contribution in [-0.2, 0) is 9.47 Å². The van der Waals surface area contributed by atoms with Crippen LogP contribution in [0.1, 0.15) is 0 Å². The minimum absolute atomic E-state index is 0.361. The molecule has 0 aromatic heterocycles. The van der Waals surface area contributed by atoms with Crippen molar-refractivity contribution >= 4 is 6.08 Å². The maximum atomic E-state index is 4.70. The highest BCUT2D eigenvalue weighted by molar-refractivity contribution is 5.68. The molecule has 0 aromatic carbocycles. The minimum Gasteiger partial charge on any atom is -0.454 e.